The van der Waals surface area contributed by atoms with Gasteiger partial charge in [0.05, 0.1) is 11.0 Å². The predicted molar refractivity (Wildman–Crippen MR) is 227 cm³/mol. The highest BCUT2D eigenvalue weighted by molar-refractivity contribution is 6.09. The zero-order valence-corrected chi connectivity index (χ0v) is 29.9. The van der Waals surface area contributed by atoms with Crippen LogP contribution in [0.5, 0.6) is 0 Å². The van der Waals surface area contributed by atoms with Crippen molar-refractivity contribution in [1.29, 1.82) is 0 Å². The molecule has 5 nitrogen and oxygen atoms in total. The van der Waals surface area contributed by atoms with Crippen LogP contribution in [0.25, 0.3) is 67.1 Å². The average molecular weight is 706 g/mol. The number of hydrogen-bond acceptors (Lipinski definition) is 3. The molecule has 8 aromatic carbocycles. The van der Waals surface area contributed by atoms with E-state index in [9.17, 15) is 0 Å². The summed E-state index contributed by atoms with van der Waals surface area (Å²) in [5, 5.41) is 12.2. The molecule has 0 unspecified atom stereocenters. The maximum absolute atomic E-state index is 4.85. The van der Waals surface area contributed by atoms with Crippen LogP contribution in [0, 0.1) is 0 Å². The van der Waals surface area contributed by atoms with Crippen molar-refractivity contribution in [3.05, 3.63) is 212 Å². The third-order valence-corrected chi connectivity index (χ3v) is 10.3. The maximum atomic E-state index is 4.85. The smallest absolute Gasteiger partial charge is 0.169 e. The van der Waals surface area contributed by atoms with Crippen molar-refractivity contribution < 1.29 is 0 Å². The van der Waals surface area contributed by atoms with E-state index in [0.29, 0.717) is 0 Å². The monoisotopic (exact) mass is 705 g/mol. The van der Waals surface area contributed by atoms with E-state index in [4.69, 9.17) is 10.2 Å². The summed E-state index contributed by atoms with van der Waals surface area (Å²) in [5.41, 5.74) is 11.9. The van der Waals surface area contributed by atoms with E-state index >= 15 is 0 Å². The molecule has 0 saturated carbocycles. The fourth-order valence-electron chi connectivity index (χ4n) is 7.75. The molecule has 0 bridgehead atoms. The molecule has 0 aliphatic heterocycles. The molecule has 0 saturated heterocycles. The fourth-order valence-corrected chi connectivity index (χ4v) is 7.75. The van der Waals surface area contributed by atoms with E-state index in [1.54, 1.807) is 0 Å². The lowest BCUT2D eigenvalue weighted by Crippen LogP contribution is -2.10. The van der Waals surface area contributed by atoms with E-state index in [-0.39, 0.29) is 0 Å². The first-order valence-corrected chi connectivity index (χ1v) is 18.5. The van der Waals surface area contributed by atoms with Gasteiger partial charge in [-0.15, -0.1) is 10.2 Å². The number of benzene rings is 8. The van der Waals surface area contributed by atoms with Crippen molar-refractivity contribution in [3.8, 4) is 45.3 Å². The zero-order valence-electron chi connectivity index (χ0n) is 29.9. The summed E-state index contributed by atoms with van der Waals surface area (Å²) in [6.45, 7) is 0. The molecule has 260 valence electrons. The Hall–Kier alpha value is -7.50. The van der Waals surface area contributed by atoms with Crippen LogP contribution in [0.3, 0.4) is 0 Å². The lowest BCUT2D eigenvalue weighted by molar-refractivity contribution is 1.07. The minimum absolute atomic E-state index is 0.775. The van der Waals surface area contributed by atoms with Gasteiger partial charge in [-0.1, -0.05) is 127 Å². The number of anilines is 3. The molecular formula is C50H35N5. The Morgan fingerprint density at radius 3 is 1.40 bits per heavy atom. The second-order valence-corrected chi connectivity index (χ2v) is 13.5. The average Bonchev–Trinajstić information content (AvgIpc) is 3.86. The summed E-state index contributed by atoms with van der Waals surface area (Å²) in [6, 6.07) is 74.5. The summed E-state index contributed by atoms with van der Waals surface area (Å²) in [7, 11) is 0. The molecular weight excluding hydrogens is 671 g/mol. The van der Waals surface area contributed by atoms with Gasteiger partial charge in [0.15, 0.2) is 11.6 Å². The zero-order chi connectivity index (χ0) is 36.6. The van der Waals surface area contributed by atoms with Crippen LogP contribution in [0.4, 0.5) is 17.1 Å². The van der Waals surface area contributed by atoms with Gasteiger partial charge in [-0.2, -0.15) is 0 Å². The minimum atomic E-state index is 0.775. The van der Waals surface area contributed by atoms with Crippen LogP contribution in [0.2, 0.25) is 0 Å². The molecule has 0 aliphatic rings. The van der Waals surface area contributed by atoms with Gasteiger partial charge in [0, 0.05) is 50.3 Å². The second-order valence-electron chi connectivity index (χ2n) is 13.5. The van der Waals surface area contributed by atoms with Crippen LogP contribution in [0.1, 0.15) is 0 Å². The van der Waals surface area contributed by atoms with Crippen LogP contribution in [-0.2, 0) is 0 Å². The molecule has 0 aliphatic carbocycles. The van der Waals surface area contributed by atoms with Gasteiger partial charge in [0.1, 0.15) is 0 Å². The Balaban J connectivity index is 1.05. The largest absolute Gasteiger partial charge is 0.311 e. The number of nitrogens with zero attached hydrogens (tertiary/aromatic N) is 5. The molecule has 2 heterocycles. The van der Waals surface area contributed by atoms with Gasteiger partial charge in [0.25, 0.3) is 0 Å². The van der Waals surface area contributed by atoms with Gasteiger partial charge in [-0.25, -0.2) is 0 Å². The number of hydrogen-bond donors (Lipinski definition) is 0. The van der Waals surface area contributed by atoms with Crippen LogP contribution in [-0.4, -0.2) is 19.3 Å². The van der Waals surface area contributed by atoms with Crippen molar-refractivity contribution in [2.45, 2.75) is 0 Å². The SMILES string of the molecule is c1ccc(-c2ccccc2-c2nnc(-c3ccc(N(c4ccccc4)c4ccc(-n5c6ccccc6c6ccccc65)cc4)cc3)n2-c2ccccc2)cc1. The van der Waals surface area contributed by atoms with Crippen molar-refractivity contribution in [2.24, 2.45) is 0 Å². The lowest BCUT2D eigenvalue weighted by Gasteiger charge is -2.26. The highest BCUT2D eigenvalue weighted by Crippen LogP contribution is 2.39. The molecule has 5 heteroatoms. The number of fused-ring (bicyclic) bond motifs is 3. The first-order chi connectivity index (χ1) is 27.3. The Kier molecular flexibility index (Phi) is 8.08. The third-order valence-electron chi connectivity index (χ3n) is 10.3. The first-order valence-electron chi connectivity index (χ1n) is 18.5. The highest BCUT2D eigenvalue weighted by Gasteiger charge is 2.21. The van der Waals surface area contributed by atoms with Gasteiger partial charge in [-0.3, -0.25) is 4.57 Å². The number of para-hydroxylation sites is 4. The summed E-state index contributed by atoms with van der Waals surface area (Å²) in [5.74, 6) is 1.57. The van der Waals surface area contributed by atoms with Crippen molar-refractivity contribution in [1.82, 2.24) is 19.3 Å². The third kappa shape index (κ3) is 5.75. The van der Waals surface area contributed by atoms with Crippen LogP contribution < -0.4 is 4.90 Å². The molecule has 0 radical (unpaired) electrons. The number of rotatable bonds is 8. The molecule has 55 heavy (non-hydrogen) atoms. The Morgan fingerprint density at radius 2 is 0.764 bits per heavy atom. The Labute approximate surface area is 319 Å². The standard InChI is InChI=1S/C50H35N5/c1-4-16-36(17-5-1)43-22-10-11-25-46(43)50-52-51-49(55(50)39-20-8-3-9-21-39)37-28-30-40(31-29-37)53(38-18-6-2-7-19-38)41-32-34-42(35-33-41)54-47-26-14-12-23-44(47)45-24-13-15-27-48(45)54/h1-35H. The van der Waals surface area contributed by atoms with Crippen molar-refractivity contribution in [3.63, 3.8) is 0 Å². The van der Waals surface area contributed by atoms with Gasteiger partial charge >= 0.3 is 0 Å². The van der Waals surface area contributed by atoms with Crippen molar-refractivity contribution in [2.75, 3.05) is 4.90 Å². The topological polar surface area (TPSA) is 38.9 Å². The summed E-state index contributed by atoms with van der Waals surface area (Å²) >= 11 is 0. The lowest BCUT2D eigenvalue weighted by atomic mass is 9.99. The maximum Gasteiger partial charge on any atom is 0.169 e. The van der Waals surface area contributed by atoms with E-state index < -0.39 is 0 Å². The van der Waals surface area contributed by atoms with Crippen LogP contribution >= 0.6 is 0 Å². The van der Waals surface area contributed by atoms with Gasteiger partial charge < -0.3 is 9.47 Å². The van der Waals surface area contributed by atoms with Crippen LogP contribution in [0.15, 0.2) is 212 Å². The quantitative estimate of drug-likeness (QED) is 0.158. The van der Waals surface area contributed by atoms with E-state index in [1.807, 2.05) is 12.1 Å². The molecule has 0 fully saturated rings. The molecule has 10 aromatic rings. The fraction of sp³-hybridized carbons (Fsp3) is 0. The Bertz CT molecular complexity index is 2840. The summed E-state index contributed by atoms with van der Waals surface area (Å²) in [4.78, 5) is 2.29. The minimum Gasteiger partial charge on any atom is -0.311 e. The summed E-state index contributed by atoms with van der Waals surface area (Å²) < 4.78 is 4.52. The Morgan fingerprint density at radius 1 is 0.309 bits per heavy atom. The summed E-state index contributed by atoms with van der Waals surface area (Å²) in [6.07, 6.45) is 0. The highest BCUT2D eigenvalue weighted by atomic mass is 15.3. The van der Waals surface area contributed by atoms with Crippen molar-refractivity contribution >= 4 is 38.9 Å². The second kappa shape index (κ2) is 13.8. The van der Waals surface area contributed by atoms with Gasteiger partial charge in [-0.05, 0) is 96.1 Å². The van der Waals surface area contributed by atoms with E-state index in [0.717, 1.165) is 62.3 Å². The van der Waals surface area contributed by atoms with E-state index in [1.165, 1.54) is 21.8 Å². The van der Waals surface area contributed by atoms with E-state index in [2.05, 4.69) is 214 Å². The normalized spacial score (nSPS) is 11.3. The molecule has 10 rings (SSSR count). The molecule has 0 N–H and O–H groups in total. The molecule has 2 aromatic heterocycles. The first kappa shape index (κ1) is 32.2. The predicted octanol–water partition coefficient (Wildman–Crippen LogP) is 12.8. The molecule has 0 spiro atoms. The molecule has 0 atom stereocenters. The number of aromatic nitrogens is 4. The van der Waals surface area contributed by atoms with Gasteiger partial charge in [0.2, 0.25) is 0 Å². The molecule has 0 amide bonds.